The first-order valence-corrected chi connectivity index (χ1v) is 10.8. The molecule has 0 N–H and O–H groups in total. The van der Waals surface area contributed by atoms with Gasteiger partial charge in [-0.05, 0) is 23.3 Å². The fourth-order valence-corrected chi connectivity index (χ4v) is 4.27. The van der Waals surface area contributed by atoms with E-state index >= 15 is 0 Å². The summed E-state index contributed by atoms with van der Waals surface area (Å²) in [7, 11) is 0. The number of benzene rings is 3. The van der Waals surface area contributed by atoms with Crippen LogP contribution in [0.25, 0.3) is 11.5 Å². The van der Waals surface area contributed by atoms with Crippen molar-refractivity contribution in [2.24, 2.45) is 0 Å². The molecule has 4 aromatic rings. The molecule has 0 aliphatic carbocycles. The van der Waals surface area contributed by atoms with E-state index in [1.807, 2.05) is 30.3 Å². The molecule has 6 heteroatoms. The monoisotopic (exact) mass is 446 g/mol. The summed E-state index contributed by atoms with van der Waals surface area (Å²) < 4.78 is 5.91. The van der Waals surface area contributed by atoms with Crippen LogP contribution in [0.3, 0.4) is 0 Å². The Morgan fingerprint density at radius 2 is 1.22 bits per heavy atom. The highest BCUT2D eigenvalue weighted by Crippen LogP contribution is 2.29. The summed E-state index contributed by atoms with van der Waals surface area (Å²) in [6.07, 6.45) is 0. The van der Waals surface area contributed by atoms with Crippen molar-refractivity contribution < 1.29 is 4.42 Å². The van der Waals surface area contributed by atoms with Crippen molar-refractivity contribution in [1.29, 1.82) is 0 Å². The first-order chi connectivity index (χ1) is 15.4. The quantitative estimate of drug-likeness (QED) is 0.414. The summed E-state index contributed by atoms with van der Waals surface area (Å²) in [4.78, 5) is 4.97. The zero-order valence-corrected chi connectivity index (χ0v) is 18.7. The third-order valence-electron chi connectivity index (χ3n) is 5.85. The second-order valence-electron chi connectivity index (χ2n) is 7.90. The van der Waals surface area contributed by atoms with Crippen molar-refractivity contribution in [3.63, 3.8) is 0 Å². The van der Waals surface area contributed by atoms with Crippen molar-refractivity contribution >= 4 is 12.4 Å². The lowest BCUT2D eigenvalue weighted by Crippen LogP contribution is -2.47. The van der Waals surface area contributed by atoms with Gasteiger partial charge in [-0.25, -0.2) is 0 Å². The van der Waals surface area contributed by atoms with Crippen LogP contribution in [0.5, 0.6) is 0 Å². The normalized spacial score (nSPS) is 14.9. The average molecular weight is 447 g/mol. The molecule has 164 valence electrons. The minimum Gasteiger partial charge on any atom is -0.419 e. The number of hydrogen-bond acceptors (Lipinski definition) is 5. The molecule has 5 nitrogen and oxygen atoms in total. The summed E-state index contributed by atoms with van der Waals surface area (Å²) >= 11 is 0. The van der Waals surface area contributed by atoms with Gasteiger partial charge in [-0.3, -0.25) is 9.80 Å². The third-order valence-corrected chi connectivity index (χ3v) is 5.85. The van der Waals surface area contributed by atoms with Gasteiger partial charge in [0.1, 0.15) is 0 Å². The van der Waals surface area contributed by atoms with Crippen molar-refractivity contribution in [1.82, 2.24) is 20.0 Å². The Morgan fingerprint density at radius 1 is 0.688 bits per heavy atom. The molecule has 0 unspecified atom stereocenters. The van der Waals surface area contributed by atoms with Crippen molar-refractivity contribution in [3.8, 4) is 11.5 Å². The maximum absolute atomic E-state index is 5.91. The highest BCUT2D eigenvalue weighted by molar-refractivity contribution is 5.85. The fraction of sp³-hybridized carbons (Fsp3) is 0.231. The highest BCUT2D eigenvalue weighted by atomic mass is 35.5. The first kappa shape index (κ1) is 22.2. The Labute approximate surface area is 195 Å². The van der Waals surface area contributed by atoms with Crippen molar-refractivity contribution in [2.75, 3.05) is 26.2 Å². The Morgan fingerprint density at radius 3 is 1.78 bits per heavy atom. The maximum Gasteiger partial charge on any atom is 0.247 e. The molecule has 1 aliphatic heterocycles. The van der Waals surface area contributed by atoms with Gasteiger partial charge >= 0.3 is 0 Å². The summed E-state index contributed by atoms with van der Waals surface area (Å²) in [5.41, 5.74) is 3.64. The van der Waals surface area contributed by atoms with Crippen LogP contribution < -0.4 is 0 Å². The molecule has 0 spiro atoms. The molecule has 5 rings (SSSR count). The predicted octanol–water partition coefficient (Wildman–Crippen LogP) is 5.07. The van der Waals surface area contributed by atoms with Crippen LogP contribution >= 0.6 is 12.4 Å². The van der Waals surface area contributed by atoms with Gasteiger partial charge in [0, 0.05) is 31.7 Å². The molecule has 1 aromatic heterocycles. The number of piperazine rings is 1. The van der Waals surface area contributed by atoms with Gasteiger partial charge in [-0.15, -0.1) is 22.6 Å². The van der Waals surface area contributed by atoms with Gasteiger partial charge in [-0.2, -0.15) is 0 Å². The van der Waals surface area contributed by atoms with Crippen LogP contribution in [0.2, 0.25) is 0 Å². The summed E-state index contributed by atoms with van der Waals surface area (Å²) in [5, 5.41) is 8.48. The van der Waals surface area contributed by atoms with Crippen LogP contribution in [0.15, 0.2) is 95.4 Å². The molecule has 0 bridgehead atoms. The molecule has 2 heterocycles. The van der Waals surface area contributed by atoms with E-state index in [9.17, 15) is 0 Å². The van der Waals surface area contributed by atoms with Gasteiger partial charge in [0.25, 0.3) is 0 Å². The van der Waals surface area contributed by atoms with Gasteiger partial charge in [0.2, 0.25) is 11.8 Å². The number of rotatable bonds is 6. The third kappa shape index (κ3) is 5.07. The van der Waals surface area contributed by atoms with Gasteiger partial charge in [-0.1, -0.05) is 78.9 Å². The van der Waals surface area contributed by atoms with Crippen LogP contribution in [0.4, 0.5) is 0 Å². The summed E-state index contributed by atoms with van der Waals surface area (Å²) in [6, 6.07) is 31.8. The largest absolute Gasteiger partial charge is 0.419 e. The van der Waals surface area contributed by atoms with E-state index in [0.29, 0.717) is 18.3 Å². The molecule has 0 amide bonds. The van der Waals surface area contributed by atoms with Crippen LogP contribution in [0.1, 0.15) is 23.1 Å². The number of nitrogens with zero attached hydrogens (tertiary/aromatic N) is 4. The molecule has 0 atom stereocenters. The maximum atomic E-state index is 5.91. The van der Waals surface area contributed by atoms with Crippen LogP contribution in [0, 0.1) is 0 Å². The molecule has 0 radical (unpaired) electrons. The van der Waals surface area contributed by atoms with E-state index in [4.69, 9.17) is 4.42 Å². The Bertz CT molecular complexity index is 1040. The van der Waals surface area contributed by atoms with E-state index in [2.05, 4.69) is 80.7 Å². The lowest BCUT2D eigenvalue weighted by Gasteiger charge is -2.39. The topological polar surface area (TPSA) is 45.4 Å². The molecule has 3 aromatic carbocycles. The zero-order chi connectivity index (χ0) is 20.9. The second kappa shape index (κ2) is 10.6. The lowest BCUT2D eigenvalue weighted by molar-refractivity contribution is 0.0986. The van der Waals surface area contributed by atoms with Crippen molar-refractivity contribution in [3.05, 3.63) is 108 Å². The van der Waals surface area contributed by atoms with Gasteiger partial charge in [0.05, 0.1) is 12.6 Å². The smallest absolute Gasteiger partial charge is 0.247 e. The van der Waals surface area contributed by atoms with Crippen molar-refractivity contribution in [2.45, 2.75) is 12.6 Å². The number of hydrogen-bond donors (Lipinski definition) is 0. The minimum atomic E-state index is 0. The number of aromatic nitrogens is 2. The first-order valence-electron chi connectivity index (χ1n) is 10.8. The van der Waals surface area contributed by atoms with E-state index < -0.39 is 0 Å². The number of halogens is 1. The second-order valence-corrected chi connectivity index (χ2v) is 7.90. The van der Waals surface area contributed by atoms with E-state index in [-0.39, 0.29) is 18.4 Å². The van der Waals surface area contributed by atoms with Crippen LogP contribution in [-0.2, 0) is 6.54 Å². The molecule has 0 saturated carbocycles. The Kier molecular flexibility index (Phi) is 7.32. The highest BCUT2D eigenvalue weighted by Gasteiger charge is 2.27. The summed E-state index contributed by atoms with van der Waals surface area (Å²) in [5.74, 6) is 1.26. The lowest BCUT2D eigenvalue weighted by atomic mass is 9.96. The molecule has 1 fully saturated rings. The molecular weight excluding hydrogens is 420 g/mol. The molecule has 32 heavy (non-hydrogen) atoms. The van der Waals surface area contributed by atoms with Gasteiger partial charge in [0.15, 0.2) is 0 Å². The SMILES string of the molecule is Cl.c1ccc(-c2nnc(CN3CCN(C(c4ccccc4)c4ccccc4)CC3)o2)cc1. The minimum absolute atomic E-state index is 0. The van der Waals surface area contributed by atoms with E-state index in [1.54, 1.807) is 0 Å². The Hall–Kier alpha value is -2.99. The molecular formula is C26H27ClN4O. The molecule has 1 aliphatic rings. The van der Waals surface area contributed by atoms with E-state index in [1.165, 1.54) is 11.1 Å². The van der Waals surface area contributed by atoms with E-state index in [0.717, 1.165) is 31.7 Å². The summed E-state index contributed by atoms with van der Waals surface area (Å²) in [6.45, 7) is 4.62. The zero-order valence-electron chi connectivity index (χ0n) is 17.9. The fourth-order valence-electron chi connectivity index (χ4n) is 4.27. The predicted molar refractivity (Wildman–Crippen MR) is 129 cm³/mol. The average Bonchev–Trinajstić information content (AvgIpc) is 3.31. The standard InChI is InChI=1S/C26H26N4O.ClH/c1-4-10-21(11-5-1)25(22-12-6-2-7-13-22)30-18-16-29(17-19-30)20-24-27-28-26(31-24)23-14-8-3-9-15-23;/h1-15,25H,16-20H2;1H. The van der Waals surface area contributed by atoms with Gasteiger partial charge < -0.3 is 4.42 Å². The van der Waals surface area contributed by atoms with Crippen LogP contribution in [-0.4, -0.2) is 46.2 Å². The Balaban J connectivity index is 0.00000245. The molecule has 1 saturated heterocycles.